The van der Waals surface area contributed by atoms with E-state index in [4.69, 9.17) is 0 Å². The zero-order valence-electron chi connectivity index (χ0n) is 17.9. The first kappa shape index (κ1) is 21.1. The lowest BCUT2D eigenvalue weighted by Crippen LogP contribution is -2.09. The summed E-state index contributed by atoms with van der Waals surface area (Å²) < 4.78 is 3.02. The van der Waals surface area contributed by atoms with E-state index in [2.05, 4.69) is 57.3 Å². The Kier molecular flexibility index (Phi) is 6.01. The number of carbonyl (C=O) groups excluding carboxylic acids is 1. The molecule has 0 unspecified atom stereocenters. The number of imidazole rings is 1. The molecule has 0 amide bonds. The normalized spacial score (nSPS) is 11.3. The maximum atomic E-state index is 13.2. The summed E-state index contributed by atoms with van der Waals surface area (Å²) in [4.78, 5) is 17.8. The minimum atomic E-state index is -0.115. The molecule has 0 aliphatic rings. The first-order valence-electron chi connectivity index (χ1n) is 10.7. The molecule has 4 heteroatoms. The highest BCUT2D eigenvalue weighted by atomic mass is 79.9. The van der Waals surface area contributed by atoms with Gasteiger partial charge in [0.1, 0.15) is 0 Å². The van der Waals surface area contributed by atoms with Crippen LogP contribution in [-0.4, -0.2) is 15.3 Å². The fraction of sp³-hybridized carbons (Fsp3) is 0.0345. The van der Waals surface area contributed by atoms with Gasteiger partial charge in [0.2, 0.25) is 5.78 Å². The third-order valence-corrected chi connectivity index (χ3v) is 6.10. The Labute approximate surface area is 201 Å². The number of carbonyl (C=O) groups is 1. The Morgan fingerprint density at radius 2 is 1.45 bits per heavy atom. The van der Waals surface area contributed by atoms with Gasteiger partial charge in [-0.15, -0.1) is 0 Å². The lowest BCUT2D eigenvalue weighted by Gasteiger charge is -2.08. The molecule has 0 spiro atoms. The standard InChI is InChI=1S/C29H21BrN2O/c30-25-17-12-22(13-18-25)20-32-27-9-5-4-8-26(27)31-29(32)28(33)19-14-21-10-15-24(16-11-21)23-6-2-1-3-7-23/h1-19H,20H2/b19-14+. The highest BCUT2D eigenvalue weighted by Crippen LogP contribution is 2.22. The summed E-state index contributed by atoms with van der Waals surface area (Å²) in [6.07, 6.45) is 3.46. The van der Waals surface area contributed by atoms with Crippen LogP contribution in [0.2, 0.25) is 0 Å². The van der Waals surface area contributed by atoms with Crippen molar-refractivity contribution in [1.82, 2.24) is 9.55 Å². The number of rotatable bonds is 6. The largest absolute Gasteiger partial charge is 0.317 e. The van der Waals surface area contributed by atoms with E-state index in [0.29, 0.717) is 12.4 Å². The summed E-state index contributed by atoms with van der Waals surface area (Å²) in [6.45, 7) is 0.578. The van der Waals surface area contributed by atoms with Gasteiger partial charge in [-0.05, 0) is 52.6 Å². The molecule has 0 atom stereocenters. The van der Waals surface area contributed by atoms with Gasteiger partial charge in [-0.2, -0.15) is 0 Å². The lowest BCUT2D eigenvalue weighted by molar-refractivity contribution is 0.103. The number of allylic oxidation sites excluding steroid dienone is 1. The Hall–Kier alpha value is -3.76. The summed E-state index contributed by atoms with van der Waals surface area (Å²) in [6, 6.07) is 34.4. The highest BCUT2D eigenvalue weighted by Gasteiger charge is 2.16. The molecule has 0 aliphatic carbocycles. The number of fused-ring (bicyclic) bond motifs is 1. The average molecular weight is 493 g/mol. The molecule has 33 heavy (non-hydrogen) atoms. The number of ketones is 1. The molecule has 4 aromatic carbocycles. The van der Waals surface area contributed by atoms with Crippen LogP contribution in [0.15, 0.2) is 114 Å². The van der Waals surface area contributed by atoms with E-state index in [1.165, 1.54) is 5.56 Å². The van der Waals surface area contributed by atoms with Crippen molar-refractivity contribution >= 4 is 38.8 Å². The number of para-hydroxylation sites is 2. The molecule has 3 nitrogen and oxygen atoms in total. The maximum Gasteiger partial charge on any atom is 0.221 e. The van der Waals surface area contributed by atoms with E-state index in [0.717, 1.165) is 32.2 Å². The molecule has 0 fully saturated rings. The maximum absolute atomic E-state index is 13.2. The Morgan fingerprint density at radius 1 is 0.788 bits per heavy atom. The Balaban J connectivity index is 1.42. The van der Waals surface area contributed by atoms with Gasteiger partial charge in [-0.1, -0.05) is 101 Å². The van der Waals surface area contributed by atoms with Crippen LogP contribution in [0.1, 0.15) is 21.7 Å². The van der Waals surface area contributed by atoms with Crippen LogP contribution >= 0.6 is 15.9 Å². The van der Waals surface area contributed by atoms with Gasteiger partial charge in [0.05, 0.1) is 11.0 Å². The fourth-order valence-corrected chi connectivity index (χ4v) is 4.12. The van der Waals surface area contributed by atoms with Gasteiger partial charge in [-0.25, -0.2) is 4.98 Å². The highest BCUT2D eigenvalue weighted by molar-refractivity contribution is 9.10. The van der Waals surface area contributed by atoms with Crippen LogP contribution in [0, 0.1) is 0 Å². The molecular formula is C29H21BrN2O. The molecule has 0 aliphatic heterocycles. The Bertz CT molecular complexity index is 1430. The first-order chi connectivity index (χ1) is 16.2. The van der Waals surface area contributed by atoms with E-state index in [1.54, 1.807) is 6.08 Å². The topological polar surface area (TPSA) is 34.9 Å². The van der Waals surface area contributed by atoms with Crippen molar-refractivity contribution in [3.8, 4) is 11.1 Å². The molecule has 1 heterocycles. The van der Waals surface area contributed by atoms with Crippen molar-refractivity contribution < 1.29 is 4.79 Å². The van der Waals surface area contributed by atoms with Crippen molar-refractivity contribution in [2.45, 2.75) is 6.54 Å². The van der Waals surface area contributed by atoms with Gasteiger partial charge in [0, 0.05) is 11.0 Å². The second kappa shape index (κ2) is 9.39. The number of halogens is 1. The fourth-order valence-electron chi connectivity index (χ4n) is 3.86. The molecule has 1 aromatic heterocycles. The van der Waals surface area contributed by atoms with E-state index < -0.39 is 0 Å². The van der Waals surface area contributed by atoms with E-state index >= 15 is 0 Å². The zero-order chi connectivity index (χ0) is 22.6. The number of aromatic nitrogens is 2. The van der Waals surface area contributed by atoms with E-state index in [1.807, 2.05) is 77.4 Å². The SMILES string of the molecule is O=C(/C=C/c1ccc(-c2ccccc2)cc1)c1nc2ccccc2n1Cc1ccc(Br)cc1. The summed E-state index contributed by atoms with van der Waals surface area (Å²) >= 11 is 3.48. The number of benzene rings is 4. The first-order valence-corrected chi connectivity index (χ1v) is 11.5. The monoisotopic (exact) mass is 492 g/mol. The van der Waals surface area contributed by atoms with Crippen molar-refractivity contribution in [1.29, 1.82) is 0 Å². The van der Waals surface area contributed by atoms with E-state index in [-0.39, 0.29) is 5.78 Å². The van der Waals surface area contributed by atoms with Crippen LogP contribution in [0.25, 0.3) is 28.2 Å². The molecule has 0 N–H and O–H groups in total. The summed E-state index contributed by atoms with van der Waals surface area (Å²) in [5.74, 6) is 0.326. The smallest absolute Gasteiger partial charge is 0.221 e. The summed E-state index contributed by atoms with van der Waals surface area (Å²) in [7, 11) is 0. The van der Waals surface area contributed by atoms with Gasteiger partial charge in [-0.3, -0.25) is 4.79 Å². The second-order valence-corrected chi connectivity index (χ2v) is 8.74. The van der Waals surface area contributed by atoms with Gasteiger partial charge in [0.15, 0.2) is 5.82 Å². The quantitative estimate of drug-likeness (QED) is 0.182. The van der Waals surface area contributed by atoms with Crippen LogP contribution in [0.5, 0.6) is 0 Å². The van der Waals surface area contributed by atoms with Crippen LogP contribution < -0.4 is 0 Å². The summed E-state index contributed by atoms with van der Waals surface area (Å²) in [5, 5.41) is 0. The van der Waals surface area contributed by atoms with Gasteiger partial charge < -0.3 is 4.57 Å². The summed E-state index contributed by atoms with van der Waals surface area (Å²) in [5.41, 5.74) is 6.17. The van der Waals surface area contributed by atoms with Crippen LogP contribution in [0.4, 0.5) is 0 Å². The number of nitrogens with zero attached hydrogens (tertiary/aromatic N) is 2. The molecule has 0 radical (unpaired) electrons. The lowest BCUT2D eigenvalue weighted by atomic mass is 10.0. The molecule has 0 saturated carbocycles. The van der Waals surface area contributed by atoms with Crippen molar-refractivity contribution in [2.75, 3.05) is 0 Å². The van der Waals surface area contributed by atoms with E-state index in [9.17, 15) is 4.79 Å². The minimum absolute atomic E-state index is 0.115. The zero-order valence-corrected chi connectivity index (χ0v) is 19.4. The third-order valence-electron chi connectivity index (χ3n) is 5.57. The predicted molar refractivity (Wildman–Crippen MR) is 138 cm³/mol. The van der Waals surface area contributed by atoms with Crippen molar-refractivity contribution in [2.24, 2.45) is 0 Å². The molecule has 5 aromatic rings. The van der Waals surface area contributed by atoms with Crippen molar-refractivity contribution in [3.05, 3.63) is 131 Å². The number of hydrogen-bond donors (Lipinski definition) is 0. The predicted octanol–water partition coefficient (Wildman–Crippen LogP) is 7.41. The second-order valence-electron chi connectivity index (χ2n) is 7.82. The minimum Gasteiger partial charge on any atom is -0.317 e. The van der Waals surface area contributed by atoms with Crippen LogP contribution in [0.3, 0.4) is 0 Å². The molecular weight excluding hydrogens is 472 g/mol. The average Bonchev–Trinajstić information content (AvgIpc) is 3.23. The van der Waals surface area contributed by atoms with Crippen LogP contribution in [-0.2, 0) is 6.54 Å². The van der Waals surface area contributed by atoms with Crippen molar-refractivity contribution in [3.63, 3.8) is 0 Å². The number of hydrogen-bond acceptors (Lipinski definition) is 2. The van der Waals surface area contributed by atoms with Gasteiger partial charge in [0.25, 0.3) is 0 Å². The molecule has 0 saturated heterocycles. The van der Waals surface area contributed by atoms with Gasteiger partial charge >= 0.3 is 0 Å². The molecule has 160 valence electrons. The third kappa shape index (κ3) is 4.71. The Morgan fingerprint density at radius 3 is 2.21 bits per heavy atom. The molecule has 0 bridgehead atoms. The molecule has 5 rings (SSSR count).